The molecule has 0 fully saturated rings. The lowest BCUT2D eigenvalue weighted by Crippen LogP contribution is -2.30. The lowest BCUT2D eigenvalue weighted by molar-refractivity contribution is -0.114. The van der Waals surface area contributed by atoms with Crippen molar-refractivity contribution >= 4 is 80.9 Å². The molecule has 47 heavy (non-hydrogen) atoms. The number of thiazole rings is 1. The normalized spacial score (nSPS) is 11.3. The van der Waals surface area contributed by atoms with Crippen LogP contribution < -0.4 is 16.0 Å². The van der Waals surface area contributed by atoms with Gasteiger partial charge in [0, 0.05) is 32.1 Å². The van der Waals surface area contributed by atoms with Crippen LogP contribution in [0.3, 0.4) is 0 Å². The summed E-state index contributed by atoms with van der Waals surface area (Å²) in [7, 11) is 0. The van der Waals surface area contributed by atoms with E-state index in [0.717, 1.165) is 16.0 Å². The fourth-order valence-corrected chi connectivity index (χ4v) is 6.39. The zero-order valence-corrected chi connectivity index (χ0v) is 28.6. The number of amides is 3. The maximum absolute atomic E-state index is 13.5. The van der Waals surface area contributed by atoms with Gasteiger partial charge in [0.2, 0.25) is 5.91 Å². The predicted molar refractivity (Wildman–Crippen MR) is 194 cm³/mol. The van der Waals surface area contributed by atoms with Crippen LogP contribution >= 0.6 is 46.3 Å². The summed E-state index contributed by atoms with van der Waals surface area (Å²) in [5.41, 5.74) is 4.35. The highest BCUT2D eigenvalue weighted by atomic mass is 35.5. The molecule has 0 aliphatic carbocycles. The smallest absolute Gasteiger partial charge is 0.272 e. The van der Waals surface area contributed by atoms with Crippen molar-refractivity contribution in [3.8, 4) is 11.3 Å². The zero-order valence-electron chi connectivity index (χ0n) is 25.4. The molecule has 7 nitrogen and oxygen atoms in total. The first-order valence-corrected chi connectivity index (χ1v) is 17.2. The summed E-state index contributed by atoms with van der Waals surface area (Å²) in [6.45, 7) is 4.22. The molecular formula is C36H30Cl2N4O3S2. The van der Waals surface area contributed by atoms with Gasteiger partial charge in [0.25, 0.3) is 11.8 Å². The minimum absolute atomic E-state index is 0.0938. The van der Waals surface area contributed by atoms with E-state index in [-0.39, 0.29) is 17.4 Å². The summed E-state index contributed by atoms with van der Waals surface area (Å²) in [5, 5.41) is 11.7. The first-order chi connectivity index (χ1) is 22.6. The molecule has 238 valence electrons. The van der Waals surface area contributed by atoms with Crippen LogP contribution in [0.2, 0.25) is 10.0 Å². The number of hydrogen-bond acceptors (Lipinski definition) is 6. The van der Waals surface area contributed by atoms with Gasteiger partial charge >= 0.3 is 0 Å². The number of aromatic nitrogens is 1. The van der Waals surface area contributed by atoms with E-state index in [1.165, 1.54) is 28.7 Å². The summed E-state index contributed by atoms with van der Waals surface area (Å²) in [6.07, 6.45) is 1.65. The van der Waals surface area contributed by atoms with E-state index in [0.29, 0.717) is 38.0 Å². The van der Waals surface area contributed by atoms with Crippen LogP contribution in [0.4, 0.5) is 10.8 Å². The molecule has 0 unspecified atom stereocenters. The van der Waals surface area contributed by atoms with Crippen LogP contribution in [-0.2, 0) is 9.59 Å². The van der Waals surface area contributed by atoms with Crippen molar-refractivity contribution in [2.24, 2.45) is 0 Å². The molecule has 0 saturated carbocycles. The Kier molecular flexibility index (Phi) is 11.5. The van der Waals surface area contributed by atoms with Gasteiger partial charge in [-0.25, -0.2) is 4.98 Å². The molecule has 3 amide bonds. The lowest BCUT2D eigenvalue weighted by Gasteiger charge is -2.12. The van der Waals surface area contributed by atoms with Gasteiger partial charge in [-0.05, 0) is 71.7 Å². The van der Waals surface area contributed by atoms with Crippen LogP contribution in [0.25, 0.3) is 17.3 Å². The average molecular weight is 702 g/mol. The van der Waals surface area contributed by atoms with Gasteiger partial charge in [0.05, 0.1) is 16.5 Å². The maximum Gasteiger partial charge on any atom is 0.272 e. The lowest BCUT2D eigenvalue weighted by atomic mass is 10.0. The summed E-state index contributed by atoms with van der Waals surface area (Å²) < 4.78 is 0. The van der Waals surface area contributed by atoms with Crippen LogP contribution in [0.5, 0.6) is 0 Å². The molecule has 0 radical (unpaired) electrons. The fraction of sp³-hybridized carbons (Fsp3) is 0.111. The van der Waals surface area contributed by atoms with Crippen molar-refractivity contribution in [3.05, 3.63) is 135 Å². The Labute approximate surface area is 291 Å². The number of hydrogen-bond donors (Lipinski definition) is 3. The SMILES string of the molecule is CC(C)c1ccc(/C=C(/NC(=O)c2ccccc2)C(=O)Nc2cccc(SCC(=O)Nc3nc(-c4ccc(Cl)cc4Cl)cs3)c2)cc1. The number of halogens is 2. The second-order valence-corrected chi connectivity index (χ2v) is 13.4. The fourth-order valence-electron chi connectivity index (χ4n) is 4.40. The molecule has 0 spiro atoms. The molecule has 5 aromatic rings. The highest BCUT2D eigenvalue weighted by Gasteiger charge is 2.16. The Morgan fingerprint density at radius 1 is 0.894 bits per heavy atom. The summed E-state index contributed by atoms with van der Waals surface area (Å²) >= 11 is 14.9. The number of thioether (sulfide) groups is 1. The third-order valence-corrected chi connectivity index (χ3v) is 9.16. The summed E-state index contributed by atoms with van der Waals surface area (Å²) in [6, 6.07) is 28.9. The molecule has 3 N–H and O–H groups in total. The zero-order chi connectivity index (χ0) is 33.3. The highest BCUT2D eigenvalue weighted by molar-refractivity contribution is 8.00. The number of rotatable bonds is 11. The quantitative estimate of drug-likeness (QED) is 0.0942. The van der Waals surface area contributed by atoms with Gasteiger partial charge in [-0.15, -0.1) is 23.1 Å². The van der Waals surface area contributed by atoms with Gasteiger partial charge in [0.1, 0.15) is 5.70 Å². The van der Waals surface area contributed by atoms with E-state index < -0.39 is 11.8 Å². The van der Waals surface area contributed by atoms with E-state index in [2.05, 4.69) is 34.8 Å². The van der Waals surface area contributed by atoms with Gasteiger partial charge in [-0.3, -0.25) is 14.4 Å². The number of nitrogens with zero attached hydrogens (tertiary/aromatic N) is 1. The second kappa shape index (κ2) is 15.9. The molecule has 0 bridgehead atoms. The molecular weight excluding hydrogens is 671 g/mol. The average Bonchev–Trinajstić information content (AvgIpc) is 3.52. The topological polar surface area (TPSA) is 100 Å². The molecule has 0 saturated heterocycles. The van der Waals surface area contributed by atoms with Crippen molar-refractivity contribution in [2.75, 3.05) is 16.4 Å². The largest absolute Gasteiger partial charge is 0.321 e. The van der Waals surface area contributed by atoms with Crippen LogP contribution in [0.1, 0.15) is 41.3 Å². The van der Waals surface area contributed by atoms with E-state index >= 15 is 0 Å². The molecule has 0 aliphatic heterocycles. The van der Waals surface area contributed by atoms with E-state index in [1.807, 2.05) is 41.8 Å². The maximum atomic E-state index is 13.5. The molecule has 0 atom stereocenters. The van der Waals surface area contributed by atoms with Crippen LogP contribution in [0.15, 0.2) is 113 Å². The molecule has 1 heterocycles. The summed E-state index contributed by atoms with van der Waals surface area (Å²) in [4.78, 5) is 44.5. The number of anilines is 2. The van der Waals surface area contributed by atoms with Gasteiger partial charge < -0.3 is 16.0 Å². The monoisotopic (exact) mass is 700 g/mol. The number of carbonyl (C=O) groups excluding carboxylic acids is 3. The third-order valence-electron chi connectivity index (χ3n) is 6.86. The van der Waals surface area contributed by atoms with Gasteiger partial charge in [-0.1, -0.05) is 85.6 Å². The van der Waals surface area contributed by atoms with Gasteiger partial charge in [0.15, 0.2) is 5.13 Å². The minimum atomic E-state index is -0.484. The number of carbonyl (C=O) groups is 3. The van der Waals surface area contributed by atoms with Crippen molar-refractivity contribution in [1.82, 2.24) is 10.3 Å². The minimum Gasteiger partial charge on any atom is -0.321 e. The molecule has 11 heteroatoms. The Hall–Kier alpha value is -4.41. The highest BCUT2D eigenvalue weighted by Crippen LogP contribution is 2.32. The standard InChI is InChI=1S/C36H30Cl2N4O3S2/c1-22(2)24-13-11-23(12-14-24)17-31(40-34(44)25-7-4-3-5-8-25)35(45)39-27-9-6-10-28(19-27)46-21-33(43)42-36-41-32(20-47-36)29-16-15-26(37)18-30(29)38/h3-20,22H,21H2,1-2H3,(H,39,45)(H,40,44)(H,41,42,43)/b31-17+. The Morgan fingerprint density at radius 3 is 2.38 bits per heavy atom. The Balaban J connectivity index is 1.23. The van der Waals surface area contributed by atoms with Crippen molar-refractivity contribution < 1.29 is 14.4 Å². The first kappa shape index (κ1) is 33.9. The molecule has 1 aromatic heterocycles. The van der Waals surface area contributed by atoms with E-state index in [4.69, 9.17) is 23.2 Å². The molecule has 5 rings (SSSR count). The number of nitrogens with one attached hydrogen (secondary N) is 3. The van der Waals surface area contributed by atoms with Crippen LogP contribution in [0, 0.1) is 0 Å². The summed E-state index contributed by atoms with van der Waals surface area (Å²) in [5.74, 6) is -0.625. The van der Waals surface area contributed by atoms with E-state index in [1.54, 1.807) is 66.7 Å². The Morgan fingerprint density at radius 2 is 1.66 bits per heavy atom. The van der Waals surface area contributed by atoms with Crippen LogP contribution in [-0.4, -0.2) is 28.5 Å². The molecule has 4 aromatic carbocycles. The van der Waals surface area contributed by atoms with Crippen molar-refractivity contribution in [3.63, 3.8) is 0 Å². The second-order valence-electron chi connectivity index (χ2n) is 10.7. The van der Waals surface area contributed by atoms with E-state index in [9.17, 15) is 14.4 Å². The van der Waals surface area contributed by atoms with Gasteiger partial charge in [-0.2, -0.15) is 0 Å². The third kappa shape index (κ3) is 9.56. The number of benzene rings is 4. The van der Waals surface area contributed by atoms with Crippen molar-refractivity contribution in [2.45, 2.75) is 24.7 Å². The predicted octanol–water partition coefficient (Wildman–Crippen LogP) is 9.38. The Bertz CT molecular complexity index is 1930. The first-order valence-electron chi connectivity index (χ1n) is 14.6. The molecule has 0 aliphatic rings. The van der Waals surface area contributed by atoms with Crippen molar-refractivity contribution in [1.29, 1.82) is 0 Å².